The van der Waals surface area contributed by atoms with Crippen molar-refractivity contribution in [2.45, 2.75) is 44.4 Å². The summed E-state index contributed by atoms with van der Waals surface area (Å²) in [6, 6.07) is 0.646. The molecule has 2 atom stereocenters. The minimum Gasteiger partial charge on any atom is -0.384 e. The van der Waals surface area contributed by atoms with Crippen LogP contribution < -0.4 is 5.32 Å². The zero-order valence-electron chi connectivity index (χ0n) is 10.5. The van der Waals surface area contributed by atoms with Crippen molar-refractivity contribution in [3.8, 4) is 0 Å². The van der Waals surface area contributed by atoms with Crippen LogP contribution in [-0.4, -0.2) is 37.8 Å². The van der Waals surface area contributed by atoms with Gasteiger partial charge in [-0.25, -0.2) is 0 Å². The molecule has 1 aliphatic carbocycles. The van der Waals surface area contributed by atoms with Gasteiger partial charge >= 0.3 is 0 Å². The van der Waals surface area contributed by atoms with Crippen LogP contribution >= 0.6 is 11.8 Å². The van der Waals surface area contributed by atoms with Crippen molar-refractivity contribution >= 4 is 11.8 Å². The van der Waals surface area contributed by atoms with E-state index in [0.29, 0.717) is 11.5 Å². The number of rotatable bonds is 5. The van der Waals surface area contributed by atoms with Crippen LogP contribution in [0.15, 0.2) is 0 Å². The molecular formula is C12H25NOS. The first-order valence-electron chi connectivity index (χ1n) is 5.89. The zero-order chi connectivity index (χ0) is 11.3. The molecule has 90 valence electrons. The van der Waals surface area contributed by atoms with Crippen molar-refractivity contribution in [1.29, 1.82) is 0 Å². The molecule has 1 saturated carbocycles. The SMILES string of the molecule is CNC1C(SCCOC)CCCC1(C)C. The van der Waals surface area contributed by atoms with Gasteiger partial charge in [0, 0.05) is 24.2 Å². The van der Waals surface area contributed by atoms with E-state index in [1.807, 2.05) is 0 Å². The van der Waals surface area contributed by atoms with Crippen molar-refractivity contribution in [1.82, 2.24) is 5.32 Å². The van der Waals surface area contributed by atoms with E-state index in [9.17, 15) is 0 Å². The Balaban J connectivity index is 2.46. The average Bonchev–Trinajstić information content (AvgIpc) is 2.17. The molecule has 1 N–H and O–H groups in total. The van der Waals surface area contributed by atoms with Crippen LogP contribution in [0.4, 0.5) is 0 Å². The Bertz CT molecular complexity index is 184. The van der Waals surface area contributed by atoms with Crippen molar-refractivity contribution in [3.63, 3.8) is 0 Å². The van der Waals surface area contributed by atoms with Gasteiger partial charge in [-0.3, -0.25) is 0 Å². The Morgan fingerprint density at radius 1 is 1.47 bits per heavy atom. The number of nitrogens with one attached hydrogen (secondary N) is 1. The lowest BCUT2D eigenvalue weighted by Crippen LogP contribution is -2.50. The highest BCUT2D eigenvalue weighted by atomic mass is 32.2. The quantitative estimate of drug-likeness (QED) is 0.735. The molecule has 0 heterocycles. The third-order valence-corrected chi connectivity index (χ3v) is 4.79. The topological polar surface area (TPSA) is 21.3 Å². The number of hydrogen-bond donors (Lipinski definition) is 1. The van der Waals surface area contributed by atoms with Gasteiger partial charge in [-0.15, -0.1) is 0 Å². The second-order valence-electron chi connectivity index (χ2n) is 5.05. The van der Waals surface area contributed by atoms with E-state index in [-0.39, 0.29) is 0 Å². The molecule has 0 aromatic rings. The number of methoxy groups -OCH3 is 1. The highest BCUT2D eigenvalue weighted by molar-refractivity contribution is 8.00. The van der Waals surface area contributed by atoms with E-state index < -0.39 is 0 Å². The Morgan fingerprint density at radius 2 is 2.20 bits per heavy atom. The van der Waals surface area contributed by atoms with Crippen LogP contribution in [-0.2, 0) is 4.74 Å². The van der Waals surface area contributed by atoms with Gasteiger partial charge in [0.05, 0.1) is 6.61 Å². The van der Waals surface area contributed by atoms with E-state index in [1.165, 1.54) is 19.3 Å². The zero-order valence-corrected chi connectivity index (χ0v) is 11.3. The molecule has 3 heteroatoms. The summed E-state index contributed by atoms with van der Waals surface area (Å²) in [4.78, 5) is 0. The minimum absolute atomic E-state index is 0.442. The summed E-state index contributed by atoms with van der Waals surface area (Å²) >= 11 is 2.07. The number of thioether (sulfide) groups is 1. The first-order valence-corrected chi connectivity index (χ1v) is 6.94. The number of hydrogen-bond acceptors (Lipinski definition) is 3. The fourth-order valence-electron chi connectivity index (χ4n) is 2.62. The van der Waals surface area contributed by atoms with Gasteiger partial charge in [-0.1, -0.05) is 20.3 Å². The standard InChI is InChI=1S/C12H25NOS/c1-12(2)7-5-6-10(11(12)13-3)15-9-8-14-4/h10-11,13H,5-9H2,1-4H3. The predicted molar refractivity (Wildman–Crippen MR) is 68.6 cm³/mol. The minimum atomic E-state index is 0.442. The summed E-state index contributed by atoms with van der Waals surface area (Å²) in [5, 5.41) is 4.27. The molecule has 1 fully saturated rings. The van der Waals surface area contributed by atoms with Crippen molar-refractivity contribution in [2.75, 3.05) is 26.5 Å². The van der Waals surface area contributed by atoms with Gasteiger partial charge in [0.1, 0.15) is 0 Å². The van der Waals surface area contributed by atoms with Crippen LogP contribution in [0, 0.1) is 5.41 Å². The highest BCUT2D eigenvalue weighted by Gasteiger charge is 2.37. The lowest BCUT2D eigenvalue weighted by Gasteiger charge is -2.43. The largest absolute Gasteiger partial charge is 0.384 e. The average molecular weight is 231 g/mol. The van der Waals surface area contributed by atoms with Crippen LogP contribution in [0.3, 0.4) is 0 Å². The summed E-state index contributed by atoms with van der Waals surface area (Å²) in [7, 11) is 3.88. The van der Waals surface area contributed by atoms with E-state index in [4.69, 9.17) is 4.74 Å². The Morgan fingerprint density at radius 3 is 2.80 bits per heavy atom. The first-order chi connectivity index (χ1) is 7.11. The molecule has 0 aromatic carbocycles. The highest BCUT2D eigenvalue weighted by Crippen LogP contribution is 2.40. The summed E-state index contributed by atoms with van der Waals surface area (Å²) in [5.74, 6) is 1.12. The second kappa shape index (κ2) is 6.12. The lowest BCUT2D eigenvalue weighted by atomic mass is 9.73. The first kappa shape index (κ1) is 13.3. The monoisotopic (exact) mass is 231 g/mol. The molecule has 1 rings (SSSR count). The van der Waals surface area contributed by atoms with Gasteiger partial charge in [0.25, 0.3) is 0 Å². The Labute approximate surface area is 98.5 Å². The number of ether oxygens (including phenoxy) is 1. The van der Waals surface area contributed by atoms with E-state index in [2.05, 4.69) is 38.0 Å². The summed E-state index contributed by atoms with van der Waals surface area (Å²) < 4.78 is 5.11. The van der Waals surface area contributed by atoms with Crippen LogP contribution in [0.1, 0.15) is 33.1 Å². The van der Waals surface area contributed by atoms with Gasteiger partial charge in [-0.2, -0.15) is 11.8 Å². The van der Waals surface area contributed by atoms with Crippen molar-refractivity contribution < 1.29 is 4.74 Å². The molecule has 1 aliphatic rings. The summed E-state index contributed by atoms with van der Waals surface area (Å²) in [6.45, 7) is 5.65. The summed E-state index contributed by atoms with van der Waals surface area (Å²) in [6.07, 6.45) is 4.07. The molecule has 0 aromatic heterocycles. The maximum absolute atomic E-state index is 5.11. The van der Waals surface area contributed by atoms with Gasteiger partial charge in [0.15, 0.2) is 0 Å². The fourth-order valence-corrected chi connectivity index (χ4v) is 4.22. The molecule has 0 bridgehead atoms. The van der Waals surface area contributed by atoms with Crippen molar-refractivity contribution in [3.05, 3.63) is 0 Å². The molecule has 0 aliphatic heterocycles. The Kier molecular flexibility index (Phi) is 5.44. The normalized spacial score (nSPS) is 30.4. The van der Waals surface area contributed by atoms with E-state index >= 15 is 0 Å². The fraction of sp³-hybridized carbons (Fsp3) is 1.00. The maximum atomic E-state index is 5.11. The summed E-state index contributed by atoms with van der Waals surface area (Å²) in [5.41, 5.74) is 0.442. The molecule has 15 heavy (non-hydrogen) atoms. The van der Waals surface area contributed by atoms with Gasteiger partial charge in [-0.05, 0) is 25.3 Å². The van der Waals surface area contributed by atoms with E-state index in [0.717, 1.165) is 17.6 Å². The third-order valence-electron chi connectivity index (χ3n) is 3.45. The smallest absolute Gasteiger partial charge is 0.0553 e. The van der Waals surface area contributed by atoms with E-state index in [1.54, 1.807) is 7.11 Å². The molecule has 0 saturated heterocycles. The van der Waals surface area contributed by atoms with Gasteiger partial charge in [0.2, 0.25) is 0 Å². The van der Waals surface area contributed by atoms with Crippen LogP contribution in [0.5, 0.6) is 0 Å². The molecule has 0 amide bonds. The molecule has 2 unspecified atom stereocenters. The van der Waals surface area contributed by atoms with Crippen LogP contribution in [0.25, 0.3) is 0 Å². The third kappa shape index (κ3) is 3.65. The van der Waals surface area contributed by atoms with Crippen LogP contribution in [0.2, 0.25) is 0 Å². The molecule has 0 spiro atoms. The lowest BCUT2D eigenvalue weighted by molar-refractivity contribution is 0.181. The van der Waals surface area contributed by atoms with Gasteiger partial charge < -0.3 is 10.1 Å². The second-order valence-corrected chi connectivity index (χ2v) is 6.40. The molecule has 0 radical (unpaired) electrons. The predicted octanol–water partition coefficient (Wildman–Crippen LogP) is 2.53. The Hall–Kier alpha value is 0.270. The molecule has 2 nitrogen and oxygen atoms in total. The molecular weight excluding hydrogens is 206 g/mol. The maximum Gasteiger partial charge on any atom is 0.0553 e. The van der Waals surface area contributed by atoms with Crippen molar-refractivity contribution in [2.24, 2.45) is 5.41 Å².